The predicted octanol–water partition coefficient (Wildman–Crippen LogP) is 3.04. The molecule has 0 heterocycles. The van der Waals surface area contributed by atoms with Gasteiger partial charge in [-0.25, -0.2) is 0 Å². The molecule has 1 rings (SSSR count). The molecule has 0 saturated heterocycles. The van der Waals surface area contributed by atoms with E-state index in [1.807, 2.05) is 0 Å². The third kappa shape index (κ3) is 1.93. The molecule has 0 bridgehead atoms. The minimum atomic E-state index is 0.502. The molecule has 0 radical (unpaired) electrons. The first kappa shape index (κ1) is 11.5. The maximum Gasteiger partial charge on any atom is 0.175 e. The van der Waals surface area contributed by atoms with Gasteiger partial charge in [-0.3, -0.25) is 4.79 Å². The van der Waals surface area contributed by atoms with Gasteiger partial charge in [0.25, 0.3) is 0 Å². The minimum Gasteiger partial charge on any atom is -0.493 e. The number of carbonyl (C=O) groups is 1. The van der Waals surface area contributed by atoms with E-state index in [0.29, 0.717) is 26.0 Å². The Hall–Kier alpha value is -0.550. The van der Waals surface area contributed by atoms with E-state index in [2.05, 4.69) is 31.9 Å². The second kappa shape index (κ2) is 4.79. The Labute approximate surface area is 98.6 Å². The van der Waals surface area contributed by atoms with Gasteiger partial charge in [0, 0.05) is 10.0 Å². The second-order valence-electron chi connectivity index (χ2n) is 2.44. The Balaban J connectivity index is 3.46. The maximum absolute atomic E-state index is 10.8. The van der Waals surface area contributed by atoms with Gasteiger partial charge in [0.1, 0.15) is 0 Å². The molecule has 1 aromatic rings. The van der Waals surface area contributed by atoms with Gasteiger partial charge >= 0.3 is 0 Å². The number of hydrogen-bond acceptors (Lipinski definition) is 3. The number of ether oxygens (including phenoxy) is 2. The lowest BCUT2D eigenvalue weighted by molar-refractivity contribution is 0.112. The van der Waals surface area contributed by atoms with E-state index in [1.165, 1.54) is 14.2 Å². The van der Waals surface area contributed by atoms with Gasteiger partial charge in [0.15, 0.2) is 17.8 Å². The van der Waals surface area contributed by atoms with Crippen LogP contribution in [-0.2, 0) is 0 Å². The highest BCUT2D eigenvalue weighted by Gasteiger charge is 2.15. The zero-order valence-corrected chi connectivity index (χ0v) is 10.8. The third-order valence-electron chi connectivity index (χ3n) is 1.72. The average molecular weight is 324 g/mol. The van der Waals surface area contributed by atoms with E-state index < -0.39 is 0 Å². The topological polar surface area (TPSA) is 35.5 Å². The van der Waals surface area contributed by atoms with Crippen LogP contribution in [0.3, 0.4) is 0 Å². The van der Waals surface area contributed by atoms with Gasteiger partial charge in [0.2, 0.25) is 0 Å². The zero-order chi connectivity index (χ0) is 10.7. The molecule has 0 aliphatic carbocycles. The molecule has 0 atom stereocenters. The number of benzene rings is 1. The quantitative estimate of drug-likeness (QED) is 0.802. The van der Waals surface area contributed by atoms with E-state index in [0.717, 1.165) is 6.29 Å². The molecule has 0 unspecified atom stereocenters. The normalized spacial score (nSPS) is 9.71. The first-order chi connectivity index (χ1) is 6.65. The van der Waals surface area contributed by atoms with Crippen LogP contribution in [-0.4, -0.2) is 20.5 Å². The zero-order valence-electron chi connectivity index (χ0n) is 7.64. The van der Waals surface area contributed by atoms with Gasteiger partial charge in [0.05, 0.1) is 18.7 Å². The van der Waals surface area contributed by atoms with Crippen molar-refractivity contribution in [3.63, 3.8) is 0 Å². The highest BCUT2D eigenvalue weighted by Crippen LogP contribution is 2.40. The Morgan fingerprint density at radius 2 is 1.93 bits per heavy atom. The summed E-state index contributed by atoms with van der Waals surface area (Å²) in [5.74, 6) is 1.08. The smallest absolute Gasteiger partial charge is 0.175 e. The van der Waals surface area contributed by atoms with Crippen LogP contribution in [0.4, 0.5) is 0 Å². The van der Waals surface area contributed by atoms with Gasteiger partial charge in [-0.15, -0.1) is 0 Å². The van der Waals surface area contributed by atoms with E-state index in [4.69, 9.17) is 9.47 Å². The van der Waals surface area contributed by atoms with Crippen LogP contribution in [0.1, 0.15) is 10.4 Å². The molecule has 0 saturated carbocycles. The van der Waals surface area contributed by atoms with Crippen molar-refractivity contribution in [3.8, 4) is 11.5 Å². The van der Waals surface area contributed by atoms with Crippen LogP contribution in [0.5, 0.6) is 11.5 Å². The molecule has 0 N–H and O–H groups in total. The first-order valence-electron chi connectivity index (χ1n) is 3.70. The molecule has 5 heteroatoms. The van der Waals surface area contributed by atoms with Crippen molar-refractivity contribution < 1.29 is 14.3 Å². The summed E-state index contributed by atoms with van der Waals surface area (Å²) < 4.78 is 11.5. The fourth-order valence-corrected chi connectivity index (χ4v) is 2.47. The van der Waals surface area contributed by atoms with E-state index in [9.17, 15) is 4.79 Å². The van der Waals surface area contributed by atoms with Crippen molar-refractivity contribution in [2.75, 3.05) is 14.2 Å². The van der Waals surface area contributed by atoms with Gasteiger partial charge in [-0.05, 0) is 37.9 Å². The van der Waals surface area contributed by atoms with E-state index >= 15 is 0 Å². The Morgan fingerprint density at radius 1 is 1.29 bits per heavy atom. The largest absolute Gasteiger partial charge is 0.493 e. The summed E-state index contributed by atoms with van der Waals surface area (Å²) in [5.41, 5.74) is 0.502. The number of hydrogen-bond donors (Lipinski definition) is 0. The second-order valence-corrected chi connectivity index (χ2v) is 4.09. The SMILES string of the molecule is COc1cc(Br)c(C=O)c(Br)c1OC. The van der Waals surface area contributed by atoms with E-state index in [1.54, 1.807) is 6.07 Å². The summed E-state index contributed by atoms with van der Waals surface area (Å²) >= 11 is 6.54. The van der Waals surface area contributed by atoms with Gasteiger partial charge in [-0.2, -0.15) is 0 Å². The lowest BCUT2D eigenvalue weighted by Gasteiger charge is -2.11. The van der Waals surface area contributed by atoms with Crippen LogP contribution in [0.15, 0.2) is 15.0 Å². The lowest BCUT2D eigenvalue weighted by atomic mass is 10.2. The van der Waals surface area contributed by atoms with Crippen molar-refractivity contribution in [2.24, 2.45) is 0 Å². The van der Waals surface area contributed by atoms with Crippen molar-refractivity contribution in [3.05, 3.63) is 20.6 Å². The summed E-state index contributed by atoms with van der Waals surface area (Å²) in [6.07, 6.45) is 0.746. The molecule has 1 aromatic carbocycles. The highest BCUT2D eigenvalue weighted by atomic mass is 79.9. The predicted molar refractivity (Wildman–Crippen MR) is 60.3 cm³/mol. The van der Waals surface area contributed by atoms with Crippen LogP contribution in [0.25, 0.3) is 0 Å². The molecular weight excluding hydrogens is 316 g/mol. The number of rotatable bonds is 3. The molecular formula is C9H8Br2O3. The number of carbonyl (C=O) groups excluding carboxylic acids is 1. The maximum atomic E-state index is 10.8. The molecule has 0 spiro atoms. The Bertz CT molecular complexity index is 364. The molecule has 0 aromatic heterocycles. The monoisotopic (exact) mass is 322 g/mol. The molecule has 14 heavy (non-hydrogen) atoms. The Morgan fingerprint density at radius 3 is 2.36 bits per heavy atom. The summed E-state index contributed by atoms with van der Waals surface area (Å²) in [6.45, 7) is 0. The summed E-state index contributed by atoms with van der Waals surface area (Å²) in [7, 11) is 3.06. The molecule has 0 aliphatic rings. The van der Waals surface area contributed by atoms with Gasteiger partial charge < -0.3 is 9.47 Å². The van der Waals surface area contributed by atoms with Crippen LogP contribution < -0.4 is 9.47 Å². The first-order valence-corrected chi connectivity index (χ1v) is 5.29. The number of methoxy groups -OCH3 is 2. The highest BCUT2D eigenvalue weighted by molar-refractivity contribution is 9.11. The standard InChI is InChI=1S/C9H8Br2O3/c1-13-7-3-6(10)5(4-12)8(11)9(7)14-2/h3-4H,1-2H3. The van der Waals surface area contributed by atoms with Gasteiger partial charge in [-0.1, -0.05) is 0 Å². The van der Waals surface area contributed by atoms with Crippen LogP contribution in [0, 0.1) is 0 Å². The molecule has 0 aliphatic heterocycles. The third-order valence-corrected chi connectivity index (χ3v) is 3.16. The average Bonchev–Trinajstić information content (AvgIpc) is 2.17. The van der Waals surface area contributed by atoms with Crippen molar-refractivity contribution in [1.82, 2.24) is 0 Å². The fraction of sp³-hybridized carbons (Fsp3) is 0.222. The van der Waals surface area contributed by atoms with Crippen LogP contribution >= 0.6 is 31.9 Å². The molecule has 76 valence electrons. The van der Waals surface area contributed by atoms with Crippen molar-refractivity contribution in [2.45, 2.75) is 0 Å². The van der Waals surface area contributed by atoms with E-state index in [-0.39, 0.29) is 0 Å². The summed E-state index contributed by atoms with van der Waals surface area (Å²) in [6, 6.07) is 1.69. The number of halogens is 2. The Kier molecular flexibility index (Phi) is 3.95. The summed E-state index contributed by atoms with van der Waals surface area (Å²) in [5, 5.41) is 0. The lowest BCUT2D eigenvalue weighted by Crippen LogP contribution is -1.95. The molecule has 0 fully saturated rings. The number of aldehydes is 1. The van der Waals surface area contributed by atoms with Crippen molar-refractivity contribution in [1.29, 1.82) is 0 Å². The molecule has 3 nitrogen and oxygen atoms in total. The summed E-state index contributed by atoms with van der Waals surface area (Å²) in [4.78, 5) is 10.8. The minimum absolute atomic E-state index is 0.502. The van der Waals surface area contributed by atoms with Crippen molar-refractivity contribution >= 4 is 38.1 Å². The molecule has 0 amide bonds. The van der Waals surface area contributed by atoms with Crippen LogP contribution in [0.2, 0.25) is 0 Å². The fourth-order valence-electron chi connectivity index (χ4n) is 1.04.